The van der Waals surface area contributed by atoms with E-state index in [0.29, 0.717) is 11.0 Å². The molecule has 0 spiro atoms. The minimum atomic E-state index is 0.370. The number of rotatable bonds is 2. The highest BCUT2D eigenvalue weighted by Crippen LogP contribution is 2.33. The van der Waals surface area contributed by atoms with Crippen LogP contribution in [0.1, 0.15) is 53.9 Å². The van der Waals surface area contributed by atoms with Gasteiger partial charge in [-0.05, 0) is 51.6 Å². The summed E-state index contributed by atoms with van der Waals surface area (Å²) in [5, 5.41) is 0. The zero-order chi connectivity index (χ0) is 11.7. The van der Waals surface area contributed by atoms with Crippen molar-refractivity contribution in [2.75, 3.05) is 13.1 Å². The van der Waals surface area contributed by atoms with Gasteiger partial charge in [-0.15, -0.1) is 0 Å². The van der Waals surface area contributed by atoms with E-state index in [-0.39, 0.29) is 0 Å². The van der Waals surface area contributed by atoms with Crippen molar-refractivity contribution in [2.45, 2.75) is 63.3 Å². The average molecular weight is 323 g/mol. The van der Waals surface area contributed by atoms with Gasteiger partial charge in [0.15, 0.2) is 0 Å². The van der Waals surface area contributed by atoms with E-state index in [1.165, 1.54) is 32.4 Å². The van der Waals surface area contributed by atoms with E-state index in [1.54, 1.807) is 0 Å². The Bertz CT molecular complexity index is 197. The van der Waals surface area contributed by atoms with Gasteiger partial charge in [0.2, 0.25) is 0 Å². The lowest BCUT2D eigenvalue weighted by Gasteiger charge is -2.45. The smallest absolute Gasteiger partial charge is 0.0158 e. The van der Waals surface area contributed by atoms with E-state index in [1.807, 2.05) is 0 Å². The third-order valence-corrected chi connectivity index (χ3v) is 4.49. The van der Waals surface area contributed by atoms with Crippen LogP contribution in [0.4, 0.5) is 0 Å². The topological polar surface area (TPSA) is 3.24 Å². The monoisotopic (exact) mass is 323 g/mol. The van der Waals surface area contributed by atoms with Crippen molar-refractivity contribution in [1.82, 2.24) is 4.90 Å². The van der Waals surface area contributed by atoms with Crippen molar-refractivity contribution in [2.24, 2.45) is 5.41 Å². The van der Waals surface area contributed by atoms with E-state index < -0.39 is 0 Å². The summed E-state index contributed by atoms with van der Waals surface area (Å²) in [5.74, 6) is 0. The van der Waals surface area contributed by atoms with Crippen LogP contribution < -0.4 is 0 Å². The number of piperidine rings is 1. The second-order valence-corrected chi connectivity index (χ2v) is 8.47. The molecule has 0 atom stereocenters. The molecule has 0 bridgehead atoms. The predicted octanol–water partition coefficient (Wildman–Crippen LogP) is 4.10. The molecule has 1 saturated heterocycles. The Morgan fingerprint density at radius 3 is 1.93 bits per heavy atom. The Kier molecular flexibility index (Phi) is 4.50. The standard InChI is InChI=1S/C13H26IN/c1-12(2,3)10-13(4,5)15-8-6-11(14)7-9-15/h11H,6-10H2,1-5H3. The van der Waals surface area contributed by atoms with E-state index in [9.17, 15) is 0 Å². The van der Waals surface area contributed by atoms with Gasteiger partial charge in [0, 0.05) is 9.46 Å². The molecule has 15 heavy (non-hydrogen) atoms. The summed E-state index contributed by atoms with van der Waals surface area (Å²) >= 11 is 2.60. The first-order valence-corrected chi connectivity index (χ1v) is 7.34. The summed E-state index contributed by atoms with van der Waals surface area (Å²) in [5.41, 5.74) is 0.805. The predicted molar refractivity (Wildman–Crippen MR) is 76.8 cm³/mol. The maximum absolute atomic E-state index is 2.69. The zero-order valence-electron chi connectivity index (χ0n) is 10.9. The summed E-state index contributed by atoms with van der Waals surface area (Å²) in [6.45, 7) is 14.4. The van der Waals surface area contributed by atoms with Crippen LogP contribution >= 0.6 is 22.6 Å². The van der Waals surface area contributed by atoms with Crippen molar-refractivity contribution in [3.63, 3.8) is 0 Å². The lowest BCUT2D eigenvalue weighted by molar-refractivity contribution is 0.0621. The Balaban J connectivity index is 2.54. The van der Waals surface area contributed by atoms with Crippen LogP contribution in [-0.2, 0) is 0 Å². The number of likely N-dealkylation sites (tertiary alicyclic amines) is 1. The lowest BCUT2D eigenvalue weighted by Crippen LogP contribution is -2.50. The number of hydrogen-bond acceptors (Lipinski definition) is 1. The molecule has 1 rings (SSSR count). The lowest BCUT2D eigenvalue weighted by atomic mass is 9.80. The Morgan fingerprint density at radius 2 is 1.53 bits per heavy atom. The van der Waals surface area contributed by atoms with Gasteiger partial charge in [0.1, 0.15) is 0 Å². The van der Waals surface area contributed by atoms with Crippen molar-refractivity contribution in [3.8, 4) is 0 Å². The SMILES string of the molecule is CC(C)(C)CC(C)(C)N1CCC(I)CC1. The number of nitrogens with zero attached hydrogens (tertiary/aromatic N) is 1. The van der Waals surface area contributed by atoms with E-state index in [2.05, 4.69) is 62.1 Å². The number of halogens is 1. The van der Waals surface area contributed by atoms with Gasteiger partial charge in [0.25, 0.3) is 0 Å². The second-order valence-electron chi connectivity index (χ2n) is 6.71. The highest BCUT2D eigenvalue weighted by Gasteiger charge is 2.33. The first-order chi connectivity index (χ1) is 6.71. The second kappa shape index (κ2) is 4.91. The van der Waals surface area contributed by atoms with E-state index in [0.717, 1.165) is 3.92 Å². The molecule has 2 heteroatoms. The van der Waals surface area contributed by atoms with Gasteiger partial charge >= 0.3 is 0 Å². The number of hydrogen-bond donors (Lipinski definition) is 0. The van der Waals surface area contributed by atoms with Gasteiger partial charge in [-0.2, -0.15) is 0 Å². The molecule has 1 fully saturated rings. The molecule has 1 heterocycles. The van der Waals surface area contributed by atoms with E-state index in [4.69, 9.17) is 0 Å². The number of alkyl halides is 1. The third kappa shape index (κ3) is 4.59. The van der Waals surface area contributed by atoms with Crippen LogP contribution in [0.25, 0.3) is 0 Å². The van der Waals surface area contributed by atoms with Gasteiger partial charge in [0.05, 0.1) is 0 Å². The summed E-state index contributed by atoms with van der Waals surface area (Å²) in [6.07, 6.45) is 4.02. The van der Waals surface area contributed by atoms with Crippen molar-refractivity contribution in [3.05, 3.63) is 0 Å². The molecule has 1 aliphatic heterocycles. The normalized spacial score (nSPS) is 22.0. The molecule has 0 aliphatic carbocycles. The Labute approximate surface area is 109 Å². The third-order valence-electron chi connectivity index (χ3n) is 3.24. The van der Waals surface area contributed by atoms with Crippen LogP contribution in [0.3, 0.4) is 0 Å². The zero-order valence-corrected chi connectivity index (χ0v) is 13.1. The minimum absolute atomic E-state index is 0.370. The fourth-order valence-electron chi connectivity index (χ4n) is 2.86. The van der Waals surface area contributed by atoms with Gasteiger partial charge in [-0.3, -0.25) is 4.90 Å². The molecule has 0 amide bonds. The highest BCUT2D eigenvalue weighted by atomic mass is 127. The average Bonchev–Trinajstić information content (AvgIpc) is 2.00. The molecule has 0 aromatic rings. The quantitative estimate of drug-likeness (QED) is 0.546. The molecule has 0 saturated carbocycles. The maximum Gasteiger partial charge on any atom is 0.0158 e. The Morgan fingerprint density at radius 1 is 1.07 bits per heavy atom. The van der Waals surface area contributed by atoms with Crippen molar-refractivity contribution in [1.29, 1.82) is 0 Å². The molecule has 1 aliphatic rings. The molecular weight excluding hydrogens is 297 g/mol. The van der Waals surface area contributed by atoms with Gasteiger partial charge in [-0.1, -0.05) is 43.4 Å². The molecule has 1 nitrogen and oxygen atoms in total. The molecule has 0 N–H and O–H groups in total. The molecule has 0 unspecified atom stereocenters. The maximum atomic E-state index is 2.69. The highest BCUT2D eigenvalue weighted by molar-refractivity contribution is 14.1. The van der Waals surface area contributed by atoms with E-state index >= 15 is 0 Å². The van der Waals surface area contributed by atoms with Crippen LogP contribution in [0, 0.1) is 5.41 Å². The molecule has 0 aromatic carbocycles. The van der Waals surface area contributed by atoms with Crippen LogP contribution in [-0.4, -0.2) is 27.5 Å². The summed E-state index contributed by atoms with van der Waals surface area (Å²) in [7, 11) is 0. The first-order valence-electron chi connectivity index (χ1n) is 6.10. The first kappa shape index (κ1) is 13.8. The van der Waals surface area contributed by atoms with Crippen LogP contribution in [0.15, 0.2) is 0 Å². The minimum Gasteiger partial charge on any atom is -0.298 e. The Hall–Kier alpha value is 0.690. The van der Waals surface area contributed by atoms with Crippen molar-refractivity contribution < 1.29 is 0 Å². The summed E-state index contributed by atoms with van der Waals surface area (Å²) in [4.78, 5) is 2.69. The summed E-state index contributed by atoms with van der Waals surface area (Å²) < 4.78 is 0.907. The van der Waals surface area contributed by atoms with Gasteiger partial charge < -0.3 is 0 Å². The van der Waals surface area contributed by atoms with Crippen molar-refractivity contribution >= 4 is 22.6 Å². The molecular formula is C13H26IN. The summed E-state index contributed by atoms with van der Waals surface area (Å²) in [6, 6.07) is 0. The molecule has 0 radical (unpaired) electrons. The fourth-order valence-corrected chi connectivity index (χ4v) is 3.42. The molecule has 0 aromatic heterocycles. The largest absolute Gasteiger partial charge is 0.298 e. The van der Waals surface area contributed by atoms with Gasteiger partial charge in [-0.25, -0.2) is 0 Å². The molecule has 90 valence electrons. The van der Waals surface area contributed by atoms with Crippen LogP contribution in [0.2, 0.25) is 0 Å². The van der Waals surface area contributed by atoms with Crippen LogP contribution in [0.5, 0.6) is 0 Å². The fraction of sp³-hybridized carbons (Fsp3) is 1.00.